The molecule has 26 heavy (non-hydrogen) atoms. The summed E-state index contributed by atoms with van der Waals surface area (Å²) in [7, 11) is 6.11. The van der Waals surface area contributed by atoms with Crippen molar-refractivity contribution in [3.8, 4) is 5.75 Å². The molecule has 132 valence electrons. The summed E-state index contributed by atoms with van der Waals surface area (Å²) in [5, 5.41) is 12.3. The first kappa shape index (κ1) is 18.0. The minimum absolute atomic E-state index is 0.210. The molecule has 0 aliphatic rings. The van der Waals surface area contributed by atoms with Gasteiger partial charge in [-0.1, -0.05) is 31.7 Å². The van der Waals surface area contributed by atoms with Crippen LogP contribution < -0.4 is 16.3 Å². The second-order valence-electron chi connectivity index (χ2n) is 6.66. The quantitative estimate of drug-likeness (QED) is 0.639. The van der Waals surface area contributed by atoms with Crippen molar-refractivity contribution in [3.63, 3.8) is 0 Å². The predicted octanol–water partition coefficient (Wildman–Crippen LogP) is 2.80. The van der Waals surface area contributed by atoms with Crippen molar-refractivity contribution in [2.75, 3.05) is 0 Å². The number of phenols is 1. The number of aryl methyl sites for hydroxylation is 1. The second-order valence-corrected chi connectivity index (χ2v) is 6.66. The molecule has 0 bridgehead atoms. The Balaban J connectivity index is 2.78. The van der Waals surface area contributed by atoms with Crippen LogP contribution in [0.15, 0.2) is 30.3 Å². The van der Waals surface area contributed by atoms with Crippen LogP contribution in [0.3, 0.4) is 0 Å². The van der Waals surface area contributed by atoms with Gasteiger partial charge in [0, 0.05) is 16.5 Å². The highest BCUT2D eigenvalue weighted by Crippen LogP contribution is 2.28. The molecule has 0 amide bonds. The summed E-state index contributed by atoms with van der Waals surface area (Å²) in [4.78, 5) is 3.35. The van der Waals surface area contributed by atoms with E-state index in [1.807, 2.05) is 32.1 Å². The lowest BCUT2D eigenvalue weighted by atomic mass is 9.93. The molecule has 0 fully saturated rings. The van der Waals surface area contributed by atoms with E-state index in [1.165, 1.54) is 5.57 Å². The third-order valence-corrected chi connectivity index (χ3v) is 4.93. The normalized spacial score (nSPS) is 14.5. The average molecular weight is 345 g/mol. The summed E-state index contributed by atoms with van der Waals surface area (Å²) in [6.07, 6.45) is 4.67. The number of aromatic nitrogens is 2. The van der Waals surface area contributed by atoms with Crippen LogP contribution in [0.5, 0.6) is 5.75 Å². The molecule has 3 rings (SSSR count). The number of imidazole rings is 1. The molecule has 0 saturated carbocycles. The first-order valence-electron chi connectivity index (χ1n) is 8.74. The largest absolute Gasteiger partial charge is 0.506 e. The van der Waals surface area contributed by atoms with Gasteiger partial charge in [-0.15, -0.1) is 5.47 Å². The van der Waals surface area contributed by atoms with E-state index in [0.29, 0.717) is 16.7 Å². The van der Waals surface area contributed by atoms with Gasteiger partial charge in [0.05, 0.1) is 10.9 Å². The van der Waals surface area contributed by atoms with Crippen LogP contribution >= 0.6 is 0 Å². The van der Waals surface area contributed by atoms with Gasteiger partial charge in [0.1, 0.15) is 24.8 Å². The van der Waals surface area contributed by atoms with E-state index in [1.54, 1.807) is 6.07 Å². The number of allylic oxidation sites excluding steroid dienone is 2. The van der Waals surface area contributed by atoms with E-state index in [4.69, 9.17) is 13.6 Å². The maximum atomic E-state index is 10.3. The minimum Gasteiger partial charge on any atom is -0.506 e. The fourth-order valence-electron chi connectivity index (χ4n) is 3.45. The van der Waals surface area contributed by atoms with Crippen molar-refractivity contribution in [2.45, 2.75) is 34.1 Å². The third kappa shape index (κ3) is 2.55. The van der Waals surface area contributed by atoms with Gasteiger partial charge in [0.15, 0.2) is 0 Å². The Hall–Kier alpha value is -2.82. The second kappa shape index (κ2) is 6.48. The standard InChI is InChI=1S/C21H24BN3O/c1-6-11(3)19-15(10-14(22)7-2)17(13(5)23)21-24-18-16(26)9-8-12(4)20(18)25(19)21/h7-10,24,26H,5-6,23H2,1-4H3/b14-7+,15-10-,19-11?. The highest BCUT2D eigenvalue weighted by atomic mass is 16.3. The number of H-pyrrole nitrogens is 1. The number of aromatic amines is 1. The number of nitrogens with zero attached hydrogens (tertiary/aromatic N) is 1. The Kier molecular flexibility index (Phi) is 4.49. The van der Waals surface area contributed by atoms with E-state index in [2.05, 4.69) is 29.8 Å². The van der Waals surface area contributed by atoms with E-state index in [9.17, 15) is 5.11 Å². The number of hydrogen-bond donors (Lipinski definition) is 3. The van der Waals surface area contributed by atoms with Gasteiger partial charge in [-0.05, 0) is 44.4 Å². The number of fused-ring (bicyclic) bond motifs is 3. The Morgan fingerprint density at radius 3 is 2.69 bits per heavy atom. The van der Waals surface area contributed by atoms with Gasteiger partial charge in [0.2, 0.25) is 0 Å². The first-order valence-corrected chi connectivity index (χ1v) is 8.74. The third-order valence-electron chi connectivity index (χ3n) is 4.93. The van der Waals surface area contributed by atoms with Gasteiger partial charge in [-0.25, -0.2) is 0 Å². The van der Waals surface area contributed by atoms with Crippen LogP contribution in [0.4, 0.5) is 0 Å². The van der Waals surface area contributed by atoms with E-state index in [0.717, 1.165) is 39.3 Å². The molecule has 0 aliphatic heterocycles. The molecule has 4 nitrogen and oxygen atoms in total. The molecule has 0 unspecified atom stereocenters. The topological polar surface area (TPSA) is 66.5 Å². The van der Waals surface area contributed by atoms with Gasteiger partial charge in [-0.2, -0.15) is 0 Å². The Morgan fingerprint density at radius 2 is 2.12 bits per heavy atom. The Bertz CT molecular complexity index is 1190. The van der Waals surface area contributed by atoms with Crippen LogP contribution in [0.2, 0.25) is 0 Å². The lowest BCUT2D eigenvalue weighted by molar-refractivity contribution is 0.480. The van der Waals surface area contributed by atoms with Crippen molar-refractivity contribution >= 4 is 41.9 Å². The first-order chi connectivity index (χ1) is 12.3. The van der Waals surface area contributed by atoms with Gasteiger partial charge >= 0.3 is 0 Å². The SMILES string of the molecule is [B]C(=C/C)/C=c1/c(C(=C)N)c2[nH]c3c(O)ccc(C)c3n2c1=C(C)CC. The molecule has 1 aromatic carbocycles. The summed E-state index contributed by atoms with van der Waals surface area (Å²) in [5.74, 6) is 0.210. The fraction of sp³-hybridized carbons (Fsp3) is 0.238. The smallest absolute Gasteiger partial charge is 0.141 e. The maximum absolute atomic E-state index is 10.3. The monoisotopic (exact) mass is 345 g/mol. The van der Waals surface area contributed by atoms with Gasteiger partial charge in [0.25, 0.3) is 0 Å². The average Bonchev–Trinajstić information content (AvgIpc) is 3.12. The number of aromatic hydroxyl groups is 1. The summed E-state index contributed by atoms with van der Waals surface area (Å²) in [6.45, 7) is 12.1. The highest BCUT2D eigenvalue weighted by molar-refractivity contribution is 6.26. The maximum Gasteiger partial charge on any atom is 0.141 e. The molecule has 0 saturated heterocycles. The summed E-state index contributed by atoms with van der Waals surface area (Å²) in [5.41, 5.74) is 12.8. The van der Waals surface area contributed by atoms with E-state index < -0.39 is 0 Å². The molecule has 2 aromatic heterocycles. The number of nitrogens with two attached hydrogens (primary N) is 1. The van der Waals surface area contributed by atoms with Crippen molar-refractivity contribution in [3.05, 3.63) is 52.0 Å². The number of benzene rings is 1. The van der Waals surface area contributed by atoms with Crippen LogP contribution in [-0.4, -0.2) is 22.3 Å². The van der Waals surface area contributed by atoms with E-state index in [-0.39, 0.29) is 5.75 Å². The number of rotatable bonds is 3. The molecule has 4 N–H and O–H groups in total. The number of phenolic OH excluding ortho intramolecular Hbond substituents is 1. The van der Waals surface area contributed by atoms with Gasteiger partial charge < -0.3 is 15.8 Å². The molecule has 2 radical (unpaired) electrons. The van der Waals surface area contributed by atoms with Crippen LogP contribution in [0.25, 0.3) is 34.0 Å². The van der Waals surface area contributed by atoms with Crippen molar-refractivity contribution in [2.24, 2.45) is 5.73 Å². The summed E-state index contributed by atoms with van der Waals surface area (Å²) in [6, 6.07) is 3.61. The van der Waals surface area contributed by atoms with E-state index >= 15 is 0 Å². The summed E-state index contributed by atoms with van der Waals surface area (Å²) >= 11 is 0. The molecule has 0 spiro atoms. The zero-order valence-corrected chi connectivity index (χ0v) is 15.8. The minimum atomic E-state index is 0.210. The molecule has 2 heterocycles. The Morgan fingerprint density at radius 1 is 1.42 bits per heavy atom. The Labute approximate surface area is 154 Å². The molecular formula is C21H24BN3O. The van der Waals surface area contributed by atoms with Crippen LogP contribution in [0.1, 0.15) is 38.3 Å². The lowest BCUT2D eigenvalue weighted by Gasteiger charge is -2.02. The lowest BCUT2D eigenvalue weighted by Crippen LogP contribution is -2.30. The molecule has 3 aromatic rings. The molecule has 0 aliphatic carbocycles. The van der Waals surface area contributed by atoms with Gasteiger partial charge in [-0.3, -0.25) is 4.40 Å². The number of hydrogen-bond acceptors (Lipinski definition) is 2. The zero-order chi connectivity index (χ0) is 19.2. The number of nitrogens with one attached hydrogen (secondary N) is 1. The summed E-state index contributed by atoms with van der Waals surface area (Å²) < 4.78 is 2.13. The van der Waals surface area contributed by atoms with Crippen molar-refractivity contribution in [1.29, 1.82) is 0 Å². The van der Waals surface area contributed by atoms with Crippen LogP contribution in [0, 0.1) is 6.92 Å². The van der Waals surface area contributed by atoms with Crippen LogP contribution in [-0.2, 0) is 0 Å². The zero-order valence-electron chi connectivity index (χ0n) is 15.8. The molecular weight excluding hydrogens is 321 g/mol. The molecule has 5 heteroatoms. The molecule has 0 atom stereocenters. The fourth-order valence-corrected chi connectivity index (χ4v) is 3.45. The van der Waals surface area contributed by atoms with Crippen molar-refractivity contribution < 1.29 is 5.11 Å². The van der Waals surface area contributed by atoms with Crippen molar-refractivity contribution in [1.82, 2.24) is 9.38 Å². The highest BCUT2D eigenvalue weighted by Gasteiger charge is 2.18. The predicted molar refractivity (Wildman–Crippen MR) is 111 cm³/mol.